The van der Waals surface area contributed by atoms with Crippen molar-refractivity contribution >= 4 is 21.6 Å². The van der Waals surface area contributed by atoms with E-state index in [4.69, 9.17) is 14.7 Å². The summed E-state index contributed by atoms with van der Waals surface area (Å²) in [5.74, 6) is 0.244. The molecule has 0 aromatic heterocycles. The Hall–Kier alpha value is -3.09. The number of hydrogen-bond acceptors (Lipinski definition) is 6. The van der Waals surface area contributed by atoms with Crippen LogP contribution < -0.4 is 14.8 Å². The number of rotatable bonds is 7. The average Bonchev–Trinajstić information content (AvgIpc) is 2.78. The van der Waals surface area contributed by atoms with Gasteiger partial charge in [-0.25, -0.2) is 8.42 Å². The van der Waals surface area contributed by atoms with Crippen molar-refractivity contribution in [3.05, 3.63) is 48.0 Å². The van der Waals surface area contributed by atoms with Gasteiger partial charge in [0.1, 0.15) is 11.5 Å². The fourth-order valence-corrected chi connectivity index (χ4v) is 4.73. The van der Waals surface area contributed by atoms with E-state index in [1.807, 2.05) is 6.07 Å². The first-order valence-corrected chi connectivity index (χ1v) is 11.0. The van der Waals surface area contributed by atoms with Crippen LogP contribution in [0.4, 0.5) is 5.69 Å². The molecule has 2 aromatic carbocycles. The molecule has 1 N–H and O–H groups in total. The molecule has 8 nitrogen and oxygen atoms in total. The van der Waals surface area contributed by atoms with E-state index in [1.165, 1.54) is 35.7 Å². The normalized spacial score (nSPS) is 14.5. The number of carbonyl (C=O) groups excluding carboxylic acids is 1. The largest absolute Gasteiger partial charge is 0.495 e. The fraction of sp³-hybridized carbons (Fsp3) is 0.333. The van der Waals surface area contributed by atoms with Crippen molar-refractivity contribution in [2.75, 3.05) is 32.1 Å². The van der Waals surface area contributed by atoms with Gasteiger partial charge in [0.25, 0.3) is 5.91 Å². The van der Waals surface area contributed by atoms with Crippen molar-refractivity contribution < 1.29 is 22.7 Å². The summed E-state index contributed by atoms with van der Waals surface area (Å²) in [5.41, 5.74) is 0.667. The Morgan fingerprint density at radius 1 is 1.17 bits per heavy atom. The smallest absolute Gasteiger partial charge is 0.262 e. The highest BCUT2D eigenvalue weighted by Gasteiger charge is 2.27. The van der Waals surface area contributed by atoms with Crippen LogP contribution in [0.5, 0.6) is 11.5 Å². The van der Waals surface area contributed by atoms with Crippen molar-refractivity contribution in [1.29, 1.82) is 5.26 Å². The first kappa shape index (κ1) is 21.6. The average molecular weight is 429 g/mol. The van der Waals surface area contributed by atoms with E-state index in [1.54, 1.807) is 18.2 Å². The summed E-state index contributed by atoms with van der Waals surface area (Å²) in [4.78, 5) is 12.5. The minimum absolute atomic E-state index is 0.100. The van der Waals surface area contributed by atoms with Gasteiger partial charge in [-0.3, -0.25) is 4.79 Å². The minimum Gasteiger partial charge on any atom is -0.495 e. The van der Waals surface area contributed by atoms with Crippen molar-refractivity contribution in [2.24, 2.45) is 0 Å². The number of amides is 1. The molecule has 1 fully saturated rings. The highest BCUT2D eigenvalue weighted by molar-refractivity contribution is 7.89. The molecule has 0 aliphatic carbocycles. The van der Waals surface area contributed by atoms with Gasteiger partial charge in [-0.1, -0.05) is 12.5 Å². The quantitative estimate of drug-likeness (QED) is 0.725. The molecule has 0 bridgehead atoms. The van der Waals surface area contributed by atoms with E-state index in [9.17, 15) is 13.2 Å². The van der Waals surface area contributed by atoms with Gasteiger partial charge in [0.05, 0.1) is 29.3 Å². The highest BCUT2D eigenvalue weighted by atomic mass is 32.2. The Labute approximate surface area is 176 Å². The molecule has 0 radical (unpaired) electrons. The molecule has 9 heteroatoms. The van der Waals surface area contributed by atoms with Crippen LogP contribution in [0.1, 0.15) is 24.8 Å². The van der Waals surface area contributed by atoms with Gasteiger partial charge in [-0.15, -0.1) is 0 Å². The second kappa shape index (κ2) is 9.61. The van der Waals surface area contributed by atoms with Gasteiger partial charge < -0.3 is 14.8 Å². The number of benzene rings is 2. The molecule has 1 aliphatic heterocycles. The topological polar surface area (TPSA) is 109 Å². The van der Waals surface area contributed by atoms with Gasteiger partial charge in [0, 0.05) is 13.1 Å². The number of hydrogen-bond donors (Lipinski definition) is 1. The number of carbonyl (C=O) groups is 1. The van der Waals surface area contributed by atoms with Crippen LogP contribution in [0.3, 0.4) is 0 Å². The Morgan fingerprint density at radius 3 is 2.63 bits per heavy atom. The molecule has 158 valence electrons. The monoisotopic (exact) mass is 429 g/mol. The van der Waals surface area contributed by atoms with Gasteiger partial charge in [-0.05, 0) is 49.2 Å². The van der Waals surface area contributed by atoms with Crippen LogP contribution in [0.15, 0.2) is 47.4 Å². The number of ether oxygens (including phenoxy) is 2. The molecular formula is C21H23N3O5S. The van der Waals surface area contributed by atoms with Crippen LogP contribution in [0.2, 0.25) is 0 Å². The first-order chi connectivity index (χ1) is 14.4. The molecule has 0 unspecified atom stereocenters. The number of sulfonamides is 1. The maximum absolute atomic E-state index is 12.9. The molecule has 1 aliphatic rings. The number of nitrogens with one attached hydrogen (secondary N) is 1. The van der Waals surface area contributed by atoms with E-state index >= 15 is 0 Å². The maximum Gasteiger partial charge on any atom is 0.262 e. The molecule has 0 atom stereocenters. The SMILES string of the molecule is COc1ccc(S(=O)(=O)N2CCCCC2)cc1NC(=O)COc1cccc(C#N)c1. The van der Waals surface area contributed by atoms with Crippen LogP contribution in [0.25, 0.3) is 0 Å². The molecule has 1 saturated heterocycles. The maximum atomic E-state index is 12.9. The van der Waals surface area contributed by atoms with Gasteiger partial charge in [0.15, 0.2) is 6.61 Å². The summed E-state index contributed by atoms with van der Waals surface area (Å²) >= 11 is 0. The Morgan fingerprint density at radius 2 is 1.93 bits per heavy atom. The third-order valence-corrected chi connectivity index (χ3v) is 6.63. The number of nitrogens with zero attached hydrogens (tertiary/aromatic N) is 2. The van der Waals surface area contributed by atoms with E-state index in [2.05, 4.69) is 5.32 Å². The summed E-state index contributed by atoms with van der Waals surface area (Å²) in [7, 11) is -2.21. The number of nitriles is 1. The molecule has 2 aromatic rings. The zero-order valence-corrected chi connectivity index (χ0v) is 17.4. The van der Waals surface area contributed by atoms with E-state index in [-0.39, 0.29) is 17.2 Å². The van der Waals surface area contributed by atoms with Gasteiger partial charge in [0.2, 0.25) is 10.0 Å². The summed E-state index contributed by atoms with van der Waals surface area (Å²) in [5, 5.41) is 11.6. The highest BCUT2D eigenvalue weighted by Crippen LogP contribution is 2.30. The predicted octanol–water partition coefficient (Wildman–Crippen LogP) is 2.76. The second-order valence-corrected chi connectivity index (χ2v) is 8.74. The summed E-state index contributed by atoms with van der Waals surface area (Å²) < 4.78 is 38.0. The summed E-state index contributed by atoms with van der Waals surface area (Å²) in [6.07, 6.45) is 2.69. The third-order valence-electron chi connectivity index (χ3n) is 4.73. The summed E-state index contributed by atoms with van der Waals surface area (Å²) in [6.45, 7) is 0.679. The van der Waals surface area contributed by atoms with Crippen LogP contribution in [-0.2, 0) is 14.8 Å². The predicted molar refractivity (Wildman–Crippen MR) is 111 cm³/mol. The van der Waals surface area contributed by atoms with Crippen molar-refractivity contribution in [3.63, 3.8) is 0 Å². The number of methoxy groups -OCH3 is 1. The molecule has 3 rings (SSSR count). The molecule has 0 spiro atoms. The van der Waals surface area contributed by atoms with Gasteiger partial charge >= 0.3 is 0 Å². The van der Waals surface area contributed by atoms with E-state index in [0.29, 0.717) is 30.2 Å². The summed E-state index contributed by atoms with van der Waals surface area (Å²) in [6, 6.07) is 12.8. The van der Waals surface area contributed by atoms with Crippen LogP contribution in [0, 0.1) is 11.3 Å². The number of piperidine rings is 1. The lowest BCUT2D eigenvalue weighted by Gasteiger charge is -2.26. The third kappa shape index (κ3) is 5.09. The molecular weight excluding hydrogens is 406 g/mol. The Bertz CT molecular complexity index is 1060. The molecule has 1 heterocycles. The second-order valence-electron chi connectivity index (χ2n) is 6.80. The van der Waals surface area contributed by atoms with Gasteiger partial charge in [-0.2, -0.15) is 9.57 Å². The lowest BCUT2D eigenvalue weighted by molar-refractivity contribution is -0.118. The zero-order valence-electron chi connectivity index (χ0n) is 16.6. The number of anilines is 1. The Kier molecular flexibility index (Phi) is 6.92. The fourth-order valence-electron chi connectivity index (χ4n) is 3.19. The van der Waals surface area contributed by atoms with Crippen molar-refractivity contribution in [2.45, 2.75) is 24.2 Å². The standard InChI is InChI=1S/C21H23N3O5S/c1-28-20-9-8-18(30(26,27)24-10-3-2-4-11-24)13-19(20)23-21(25)15-29-17-7-5-6-16(12-17)14-22/h5-9,12-13H,2-4,10-11,15H2,1H3,(H,23,25). The van der Waals surface area contributed by atoms with Crippen molar-refractivity contribution in [1.82, 2.24) is 4.31 Å². The van der Waals surface area contributed by atoms with E-state index in [0.717, 1.165) is 19.3 Å². The van der Waals surface area contributed by atoms with E-state index < -0.39 is 15.9 Å². The first-order valence-electron chi connectivity index (χ1n) is 9.55. The zero-order chi connectivity index (χ0) is 21.6. The lowest BCUT2D eigenvalue weighted by Crippen LogP contribution is -2.35. The van der Waals surface area contributed by atoms with Crippen molar-refractivity contribution in [3.8, 4) is 17.6 Å². The lowest BCUT2D eigenvalue weighted by atomic mass is 10.2. The van der Waals surface area contributed by atoms with Crippen LogP contribution >= 0.6 is 0 Å². The molecule has 0 saturated carbocycles. The van der Waals surface area contributed by atoms with Crippen LogP contribution in [-0.4, -0.2) is 45.4 Å². The Balaban J connectivity index is 1.73. The minimum atomic E-state index is -3.64. The molecule has 30 heavy (non-hydrogen) atoms. The molecule has 1 amide bonds.